The molecule has 0 aliphatic heterocycles. The van der Waals surface area contributed by atoms with Gasteiger partial charge in [-0.2, -0.15) is 0 Å². The van der Waals surface area contributed by atoms with Crippen LogP contribution in [0.25, 0.3) is 0 Å². The summed E-state index contributed by atoms with van der Waals surface area (Å²) in [4.78, 5) is 2.18. The van der Waals surface area contributed by atoms with Gasteiger partial charge in [0.2, 0.25) is 0 Å². The molecule has 0 aliphatic rings. The summed E-state index contributed by atoms with van der Waals surface area (Å²) in [6.45, 7) is 0.839. The zero-order chi connectivity index (χ0) is 13.8. The first-order chi connectivity index (χ1) is 9.11. The van der Waals surface area contributed by atoms with Crippen LogP contribution in [-0.2, 0) is 11.9 Å². The van der Waals surface area contributed by atoms with E-state index in [2.05, 4.69) is 74.1 Å². The van der Waals surface area contributed by atoms with Gasteiger partial charge >= 0.3 is 0 Å². The lowest BCUT2D eigenvalue weighted by Crippen LogP contribution is -2.16. The topological polar surface area (TPSA) is 3.24 Å². The molecule has 0 bridgehead atoms. The average Bonchev–Trinajstić information content (AvgIpc) is 2.41. The fourth-order valence-electron chi connectivity index (χ4n) is 1.86. The highest BCUT2D eigenvalue weighted by molar-refractivity contribution is 9.10. The van der Waals surface area contributed by atoms with E-state index in [1.807, 2.05) is 12.1 Å². The van der Waals surface area contributed by atoms with Gasteiger partial charge in [-0.1, -0.05) is 67.7 Å². The Morgan fingerprint density at radius 1 is 1.11 bits per heavy atom. The van der Waals surface area contributed by atoms with Crippen LogP contribution in [0.2, 0.25) is 5.02 Å². The molecule has 0 fully saturated rings. The van der Waals surface area contributed by atoms with Crippen molar-refractivity contribution in [1.29, 1.82) is 0 Å². The second kappa shape index (κ2) is 6.78. The third-order valence-corrected chi connectivity index (χ3v) is 4.72. The molecule has 4 heteroatoms. The van der Waals surface area contributed by atoms with E-state index in [4.69, 9.17) is 11.6 Å². The van der Waals surface area contributed by atoms with E-state index in [9.17, 15) is 0 Å². The zero-order valence-electron chi connectivity index (χ0n) is 10.5. The van der Waals surface area contributed by atoms with Crippen molar-refractivity contribution in [3.05, 3.63) is 63.1 Å². The maximum atomic E-state index is 6.24. The Labute approximate surface area is 135 Å². The summed E-state index contributed by atoms with van der Waals surface area (Å²) in [5.74, 6) is 0. The molecule has 0 N–H and O–H groups in total. The minimum Gasteiger partial charge on any atom is -0.370 e. The molecule has 0 atom stereocenters. The average molecular weight is 404 g/mol. The summed E-state index contributed by atoms with van der Waals surface area (Å²) in [5, 5.41) is 1.58. The van der Waals surface area contributed by atoms with Crippen LogP contribution in [0.5, 0.6) is 0 Å². The standard InChI is InChI=1S/C15H14Br2ClN/c1-19(10-12-4-2-3-5-14(12)17)13-7-6-11(9-16)15(18)8-13/h2-8H,9-10H2,1H3. The number of alkyl halides is 1. The fraction of sp³-hybridized carbons (Fsp3) is 0.200. The van der Waals surface area contributed by atoms with Crippen molar-refractivity contribution >= 4 is 49.1 Å². The normalized spacial score (nSPS) is 10.5. The number of halogens is 3. The largest absolute Gasteiger partial charge is 0.370 e. The van der Waals surface area contributed by atoms with Crippen LogP contribution >= 0.6 is 43.5 Å². The highest BCUT2D eigenvalue weighted by Gasteiger charge is 2.07. The van der Waals surface area contributed by atoms with E-state index in [0.29, 0.717) is 0 Å². The summed E-state index contributed by atoms with van der Waals surface area (Å²) in [5.41, 5.74) is 3.48. The second-order valence-corrected chi connectivity index (χ2v) is 6.18. The number of anilines is 1. The molecule has 2 aromatic rings. The van der Waals surface area contributed by atoms with Gasteiger partial charge in [0.1, 0.15) is 0 Å². The van der Waals surface area contributed by atoms with E-state index in [1.165, 1.54) is 5.56 Å². The second-order valence-electron chi connectivity index (χ2n) is 4.36. The summed E-state index contributed by atoms with van der Waals surface area (Å²) in [7, 11) is 2.07. The predicted molar refractivity (Wildman–Crippen MR) is 90.3 cm³/mol. The molecule has 0 unspecified atom stereocenters. The molecule has 0 spiro atoms. The smallest absolute Gasteiger partial charge is 0.0467 e. The summed E-state index contributed by atoms with van der Waals surface area (Å²) in [6, 6.07) is 14.4. The minimum atomic E-state index is 0.778. The first kappa shape index (κ1) is 14.9. The number of benzene rings is 2. The number of hydrogen-bond acceptors (Lipinski definition) is 1. The maximum absolute atomic E-state index is 6.24. The lowest BCUT2D eigenvalue weighted by molar-refractivity contribution is 0.918. The Morgan fingerprint density at radius 3 is 2.47 bits per heavy atom. The SMILES string of the molecule is CN(Cc1ccccc1Br)c1ccc(CBr)c(Cl)c1. The van der Waals surface area contributed by atoms with Crippen molar-refractivity contribution < 1.29 is 0 Å². The summed E-state index contributed by atoms with van der Waals surface area (Å²) >= 11 is 13.2. The lowest BCUT2D eigenvalue weighted by Gasteiger charge is -2.21. The lowest BCUT2D eigenvalue weighted by atomic mass is 10.2. The first-order valence-corrected chi connectivity index (χ1v) is 8.20. The Bertz CT molecular complexity index is 572. The molecule has 100 valence electrons. The molecule has 1 nitrogen and oxygen atoms in total. The van der Waals surface area contributed by atoms with Crippen molar-refractivity contribution in [3.63, 3.8) is 0 Å². The molecule has 0 amide bonds. The Hall–Kier alpha value is -0.510. The third-order valence-electron chi connectivity index (χ3n) is 2.99. The minimum absolute atomic E-state index is 0.778. The quantitative estimate of drug-likeness (QED) is 0.598. The molecule has 2 rings (SSSR count). The van der Waals surface area contributed by atoms with Crippen molar-refractivity contribution in [2.24, 2.45) is 0 Å². The number of hydrogen-bond donors (Lipinski definition) is 0. The monoisotopic (exact) mass is 401 g/mol. The van der Waals surface area contributed by atoms with E-state index >= 15 is 0 Å². The fourth-order valence-corrected chi connectivity index (χ4v) is 3.16. The van der Waals surface area contributed by atoms with Crippen molar-refractivity contribution in [1.82, 2.24) is 0 Å². The van der Waals surface area contributed by atoms with E-state index in [0.717, 1.165) is 32.6 Å². The van der Waals surface area contributed by atoms with Crippen LogP contribution in [0.4, 0.5) is 5.69 Å². The van der Waals surface area contributed by atoms with Crippen LogP contribution in [0.1, 0.15) is 11.1 Å². The molecule has 0 aromatic heterocycles. The van der Waals surface area contributed by atoms with Crippen molar-refractivity contribution in [2.45, 2.75) is 11.9 Å². The molecule has 0 heterocycles. The Balaban J connectivity index is 2.18. The molecule has 19 heavy (non-hydrogen) atoms. The highest BCUT2D eigenvalue weighted by atomic mass is 79.9. The van der Waals surface area contributed by atoms with Crippen LogP contribution in [0.15, 0.2) is 46.9 Å². The van der Waals surface area contributed by atoms with Gasteiger partial charge in [0.05, 0.1) is 0 Å². The maximum Gasteiger partial charge on any atom is 0.0467 e. The van der Waals surface area contributed by atoms with E-state index in [1.54, 1.807) is 0 Å². The zero-order valence-corrected chi connectivity index (χ0v) is 14.5. The van der Waals surface area contributed by atoms with Gasteiger partial charge < -0.3 is 4.90 Å². The summed E-state index contributed by atoms with van der Waals surface area (Å²) in [6.07, 6.45) is 0. The molecule has 0 aliphatic carbocycles. The van der Waals surface area contributed by atoms with Gasteiger partial charge in [-0.3, -0.25) is 0 Å². The molecule has 0 saturated carbocycles. The van der Waals surface area contributed by atoms with Gasteiger partial charge in [0, 0.05) is 34.1 Å². The molecule has 0 radical (unpaired) electrons. The van der Waals surface area contributed by atoms with Crippen LogP contribution < -0.4 is 4.90 Å². The van der Waals surface area contributed by atoms with Gasteiger partial charge in [0.25, 0.3) is 0 Å². The third kappa shape index (κ3) is 3.74. The van der Waals surface area contributed by atoms with Crippen LogP contribution in [0, 0.1) is 0 Å². The molecular weight excluding hydrogens is 389 g/mol. The van der Waals surface area contributed by atoms with E-state index in [-0.39, 0.29) is 0 Å². The van der Waals surface area contributed by atoms with Crippen molar-refractivity contribution in [3.8, 4) is 0 Å². The first-order valence-electron chi connectivity index (χ1n) is 5.90. The van der Waals surface area contributed by atoms with E-state index < -0.39 is 0 Å². The number of rotatable bonds is 4. The highest BCUT2D eigenvalue weighted by Crippen LogP contribution is 2.26. The van der Waals surface area contributed by atoms with Gasteiger partial charge in [0.15, 0.2) is 0 Å². The van der Waals surface area contributed by atoms with Crippen molar-refractivity contribution in [2.75, 3.05) is 11.9 Å². The number of nitrogens with zero attached hydrogens (tertiary/aromatic N) is 1. The van der Waals surface area contributed by atoms with Gasteiger partial charge in [-0.25, -0.2) is 0 Å². The Kier molecular flexibility index (Phi) is 5.31. The summed E-state index contributed by atoms with van der Waals surface area (Å²) < 4.78 is 1.13. The predicted octanol–water partition coefficient (Wildman–Crippen LogP) is 5.63. The molecule has 2 aromatic carbocycles. The van der Waals surface area contributed by atoms with Crippen LogP contribution in [-0.4, -0.2) is 7.05 Å². The van der Waals surface area contributed by atoms with Gasteiger partial charge in [-0.05, 0) is 29.3 Å². The Morgan fingerprint density at radius 2 is 1.84 bits per heavy atom. The van der Waals surface area contributed by atoms with Gasteiger partial charge in [-0.15, -0.1) is 0 Å². The van der Waals surface area contributed by atoms with Crippen LogP contribution in [0.3, 0.4) is 0 Å². The molecular formula is C15H14Br2ClN. The molecule has 0 saturated heterocycles.